The molecule has 0 saturated heterocycles. The van der Waals surface area contributed by atoms with E-state index in [1.807, 2.05) is 30.3 Å². The van der Waals surface area contributed by atoms with Crippen molar-refractivity contribution in [3.63, 3.8) is 0 Å². The number of anilines is 1. The van der Waals surface area contributed by atoms with Gasteiger partial charge in [0.25, 0.3) is 0 Å². The highest BCUT2D eigenvalue weighted by Gasteiger charge is 2.07. The summed E-state index contributed by atoms with van der Waals surface area (Å²) in [5.41, 5.74) is 8.69. The predicted molar refractivity (Wildman–Crippen MR) is 69.5 cm³/mol. The lowest BCUT2D eigenvalue weighted by Crippen LogP contribution is -1.85. The summed E-state index contributed by atoms with van der Waals surface area (Å²) in [6.07, 6.45) is 0. The fraction of sp³-hybridized carbons (Fsp3) is 0. The van der Waals surface area contributed by atoms with E-state index >= 15 is 0 Å². The second-order valence-electron chi connectivity index (χ2n) is 3.58. The van der Waals surface area contributed by atoms with E-state index in [-0.39, 0.29) is 0 Å². The van der Waals surface area contributed by atoms with Crippen LogP contribution >= 0.6 is 11.3 Å². The van der Waals surface area contributed by atoms with Crippen molar-refractivity contribution in [2.24, 2.45) is 0 Å². The monoisotopic (exact) mass is 226 g/mol. The maximum atomic E-state index is 5.89. The van der Waals surface area contributed by atoms with Gasteiger partial charge in [0.15, 0.2) is 0 Å². The molecule has 0 fully saturated rings. The molecular formula is C13H10N2S. The molecule has 0 spiro atoms. The minimum Gasteiger partial charge on any atom is -0.397 e. The molecule has 78 valence electrons. The smallest absolute Gasteiger partial charge is 0.124 e. The number of benzene rings is 2. The highest BCUT2D eigenvalue weighted by atomic mass is 32.1. The number of thiazole rings is 1. The number of hydrogen-bond donors (Lipinski definition) is 1. The molecular weight excluding hydrogens is 216 g/mol. The summed E-state index contributed by atoms with van der Waals surface area (Å²) in [5.74, 6) is 0. The van der Waals surface area contributed by atoms with Crippen molar-refractivity contribution in [1.29, 1.82) is 0 Å². The summed E-state index contributed by atoms with van der Waals surface area (Å²) < 4.78 is 1.14. The molecule has 1 heterocycles. The summed E-state index contributed by atoms with van der Waals surface area (Å²) >= 11 is 1.67. The second-order valence-corrected chi connectivity index (χ2v) is 4.61. The van der Waals surface area contributed by atoms with Gasteiger partial charge in [-0.05, 0) is 12.1 Å². The van der Waals surface area contributed by atoms with Crippen LogP contribution in [-0.4, -0.2) is 4.98 Å². The van der Waals surface area contributed by atoms with E-state index in [1.165, 1.54) is 0 Å². The third kappa shape index (κ3) is 1.46. The number of rotatable bonds is 1. The van der Waals surface area contributed by atoms with Crippen LogP contribution in [0.2, 0.25) is 0 Å². The highest BCUT2D eigenvalue weighted by Crippen LogP contribution is 2.32. The molecule has 0 atom stereocenters. The minimum absolute atomic E-state index is 0.746. The van der Waals surface area contributed by atoms with Crippen LogP contribution in [0.3, 0.4) is 0 Å². The largest absolute Gasteiger partial charge is 0.397 e. The quantitative estimate of drug-likeness (QED) is 0.644. The van der Waals surface area contributed by atoms with Gasteiger partial charge in [0, 0.05) is 5.56 Å². The summed E-state index contributed by atoms with van der Waals surface area (Å²) in [6, 6.07) is 16.1. The van der Waals surface area contributed by atoms with Crippen LogP contribution in [0, 0.1) is 0 Å². The zero-order valence-electron chi connectivity index (χ0n) is 8.55. The molecule has 2 aromatic carbocycles. The van der Waals surface area contributed by atoms with Gasteiger partial charge in [0.05, 0.1) is 10.4 Å². The van der Waals surface area contributed by atoms with Gasteiger partial charge in [-0.3, -0.25) is 0 Å². The number of nitrogens with zero attached hydrogens (tertiary/aromatic N) is 1. The Balaban J connectivity index is 2.23. The lowest BCUT2D eigenvalue weighted by Gasteiger charge is -1.93. The molecule has 0 bridgehead atoms. The fourth-order valence-corrected chi connectivity index (χ4v) is 2.68. The first-order valence-corrected chi connectivity index (χ1v) is 5.87. The number of aromatic nitrogens is 1. The molecule has 0 unspecified atom stereocenters. The Morgan fingerprint density at radius 1 is 0.938 bits per heavy atom. The molecule has 0 radical (unpaired) electrons. The molecule has 3 aromatic rings. The van der Waals surface area contributed by atoms with Crippen molar-refractivity contribution in [1.82, 2.24) is 4.98 Å². The molecule has 16 heavy (non-hydrogen) atoms. The molecule has 0 amide bonds. The number of para-hydroxylation sites is 1. The summed E-state index contributed by atoms with van der Waals surface area (Å²) in [6.45, 7) is 0. The summed E-state index contributed by atoms with van der Waals surface area (Å²) in [4.78, 5) is 4.58. The van der Waals surface area contributed by atoms with Crippen LogP contribution < -0.4 is 5.73 Å². The third-order valence-corrected chi connectivity index (χ3v) is 3.54. The van der Waals surface area contributed by atoms with Crippen molar-refractivity contribution in [2.75, 3.05) is 5.73 Å². The number of fused-ring (bicyclic) bond motifs is 1. The zero-order valence-corrected chi connectivity index (χ0v) is 9.37. The molecule has 1 aromatic heterocycles. The molecule has 2 N–H and O–H groups in total. The Kier molecular flexibility index (Phi) is 2.11. The Labute approximate surface area is 97.4 Å². The van der Waals surface area contributed by atoms with Crippen molar-refractivity contribution in [3.8, 4) is 10.6 Å². The van der Waals surface area contributed by atoms with Gasteiger partial charge in [-0.2, -0.15) is 0 Å². The molecule has 3 heteroatoms. The first kappa shape index (κ1) is 9.36. The van der Waals surface area contributed by atoms with Crippen LogP contribution in [0.15, 0.2) is 48.5 Å². The Morgan fingerprint density at radius 3 is 2.50 bits per heavy atom. The van der Waals surface area contributed by atoms with E-state index in [9.17, 15) is 0 Å². The van der Waals surface area contributed by atoms with E-state index in [0.29, 0.717) is 0 Å². The SMILES string of the molecule is Nc1cccc2sc(-c3ccccc3)nc12. The normalized spacial score (nSPS) is 10.8. The van der Waals surface area contributed by atoms with Crippen molar-refractivity contribution in [2.45, 2.75) is 0 Å². The standard InChI is InChI=1S/C13H10N2S/c14-10-7-4-8-11-12(10)15-13(16-11)9-5-2-1-3-6-9/h1-8H,14H2. The maximum absolute atomic E-state index is 5.89. The van der Waals surface area contributed by atoms with E-state index < -0.39 is 0 Å². The minimum atomic E-state index is 0.746. The van der Waals surface area contributed by atoms with Gasteiger partial charge in [-0.15, -0.1) is 11.3 Å². The summed E-state index contributed by atoms with van der Waals surface area (Å²) in [5, 5.41) is 1.02. The van der Waals surface area contributed by atoms with Crippen LogP contribution in [0.1, 0.15) is 0 Å². The predicted octanol–water partition coefficient (Wildman–Crippen LogP) is 3.55. The van der Waals surface area contributed by atoms with E-state index in [0.717, 1.165) is 26.5 Å². The fourth-order valence-electron chi connectivity index (χ4n) is 1.67. The van der Waals surface area contributed by atoms with E-state index in [4.69, 9.17) is 5.73 Å². The lowest BCUT2D eigenvalue weighted by atomic mass is 10.2. The Bertz CT molecular complexity index is 629. The van der Waals surface area contributed by atoms with Crippen LogP contribution in [0.5, 0.6) is 0 Å². The Hall–Kier alpha value is -1.87. The van der Waals surface area contributed by atoms with Gasteiger partial charge >= 0.3 is 0 Å². The number of nitrogen functional groups attached to an aromatic ring is 1. The first-order valence-electron chi connectivity index (χ1n) is 5.05. The topological polar surface area (TPSA) is 38.9 Å². The zero-order chi connectivity index (χ0) is 11.0. The first-order chi connectivity index (χ1) is 7.84. The average Bonchev–Trinajstić information content (AvgIpc) is 2.76. The Morgan fingerprint density at radius 2 is 1.75 bits per heavy atom. The summed E-state index contributed by atoms with van der Waals surface area (Å²) in [7, 11) is 0. The molecule has 3 rings (SSSR count). The van der Waals surface area contributed by atoms with Gasteiger partial charge in [0.2, 0.25) is 0 Å². The van der Waals surface area contributed by atoms with Crippen LogP contribution in [-0.2, 0) is 0 Å². The van der Waals surface area contributed by atoms with Crippen LogP contribution in [0.25, 0.3) is 20.8 Å². The van der Waals surface area contributed by atoms with E-state index in [1.54, 1.807) is 11.3 Å². The highest BCUT2D eigenvalue weighted by molar-refractivity contribution is 7.21. The molecule has 2 nitrogen and oxygen atoms in total. The third-order valence-electron chi connectivity index (χ3n) is 2.47. The van der Waals surface area contributed by atoms with Crippen molar-refractivity contribution >= 4 is 27.2 Å². The van der Waals surface area contributed by atoms with Gasteiger partial charge in [0.1, 0.15) is 10.5 Å². The second kappa shape index (κ2) is 3.61. The van der Waals surface area contributed by atoms with Gasteiger partial charge < -0.3 is 5.73 Å². The van der Waals surface area contributed by atoms with Crippen LogP contribution in [0.4, 0.5) is 5.69 Å². The molecule has 0 saturated carbocycles. The average molecular weight is 226 g/mol. The number of nitrogens with two attached hydrogens (primary N) is 1. The molecule has 0 aliphatic heterocycles. The molecule has 0 aliphatic rings. The van der Waals surface area contributed by atoms with Gasteiger partial charge in [-0.1, -0.05) is 36.4 Å². The van der Waals surface area contributed by atoms with Crippen molar-refractivity contribution in [3.05, 3.63) is 48.5 Å². The maximum Gasteiger partial charge on any atom is 0.124 e. The lowest BCUT2D eigenvalue weighted by molar-refractivity contribution is 1.48. The molecule has 0 aliphatic carbocycles. The van der Waals surface area contributed by atoms with Crippen molar-refractivity contribution < 1.29 is 0 Å². The van der Waals surface area contributed by atoms with E-state index in [2.05, 4.69) is 23.2 Å². The number of hydrogen-bond acceptors (Lipinski definition) is 3. The van der Waals surface area contributed by atoms with Gasteiger partial charge in [-0.25, -0.2) is 4.98 Å².